The molecule has 1 heterocycles. The van der Waals surface area contributed by atoms with Gasteiger partial charge in [-0.1, -0.05) is 0 Å². The van der Waals surface area contributed by atoms with E-state index in [0.717, 1.165) is 32.8 Å². The number of nitrogens with one attached hydrogen (secondary N) is 2. The Morgan fingerprint density at radius 2 is 1.55 bits per heavy atom. The number of carbonyl (C=O) groups is 7. The van der Waals surface area contributed by atoms with Gasteiger partial charge in [0.05, 0.1) is 25.7 Å². The summed E-state index contributed by atoms with van der Waals surface area (Å²) in [5.74, 6) is -5.46. The summed E-state index contributed by atoms with van der Waals surface area (Å²) < 4.78 is 26.1. The number of methoxy groups -OCH3 is 1. The van der Waals surface area contributed by atoms with Gasteiger partial charge in [-0.25, -0.2) is 4.79 Å². The van der Waals surface area contributed by atoms with Crippen LogP contribution in [0.3, 0.4) is 0 Å². The molecule has 0 spiro atoms. The van der Waals surface area contributed by atoms with E-state index in [-0.39, 0.29) is 12.5 Å². The average Bonchev–Trinajstić information content (AvgIpc) is 2.79. The molecular formula is C23H33N3O12. The van der Waals surface area contributed by atoms with E-state index in [2.05, 4.69) is 10.6 Å². The molecule has 0 aromatic heterocycles. The molecule has 1 aliphatic rings. The molecule has 3 amide bonds. The van der Waals surface area contributed by atoms with Crippen molar-refractivity contribution in [3.8, 4) is 0 Å². The first kappa shape index (κ1) is 31.9. The van der Waals surface area contributed by atoms with E-state index in [0.29, 0.717) is 0 Å². The van der Waals surface area contributed by atoms with Crippen LogP contribution in [0.2, 0.25) is 0 Å². The number of nitrogens with zero attached hydrogens (tertiary/aromatic N) is 1. The fraction of sp³-hybridized carbons (Fsp3) is 0.609. The number of amides is 3. The molecule has 212 valence electrons. The zero-order valence-electron chi connectivity index (χ0n) is 22.2. The molecule has 0 saturated heterocycles. The summed E-state index contributed by atoms with van der Waals surface area (Å²) in [6.45, 7) is 4.71. The molecule has 1 aliphatic heterocycles. The van der Waals surface area contributed by atoms with E-state index in [1.54, 1.807) is 0 Å². The third-order valence-electron chi connectivity index (χ3n) is 5.10. The van der Waals surface area contributed by atoms with Crippen molar-refractivity contribution in [3.05, 3.63) is 11.8 Å². The smallest absolute Gasteiger partial charge is 0.373 e. The summed E-state index contributed by atoms with van der Waals surface area (Å²) in [6.07, 6.45) is -3.30. The van der Waals surface area contributed by atoms with Gasteiger partial charge in [0.1, 0.15) is 6.61 Å². The van der Waals surface area contributed by atoms with Crippen molar-refractivity contribution in [2.24, 2.45) is 0 Å². The fourth-order valence-electron chi connectivity index (χ4n) is 3.47. The molecule has 15 nitrogen and oxygen atoms in total. The van der Waals surface area contributed by atoms with Crippen molar-refractivity contribution < 1.29 is 57.2 Å². The number of ether oxygens (including phenoxy) is 5. The highest BCUT2D eigenvalue weighted by Gasteiger charge is 2.48. The van der Waals surface area contributed by atoms with Crippen molar-refractivity contribution >= 4 is 41.6 Å². The highest BCUT2D eigenvalue weighted by atomic mass is 16.6. The summed E-state index contributed by atoms with van der Waals surface area (Å²) in [4.78, 5) is 85.2. The highest BCUT2D eigenvalue weighted by molar-refractivity contribution is 5.87. The third kappa shape index (κ3) is 10.1. The molecule has 0 saturated carbocycles. The van der Waals surface area contributed by atoms with Crippen LogP contribution < -0.4 is 10.6 Å². The minimum atomic E-state index is -1.56. The number of carbonyl (C=O) groups excluding carboxylic acids is 7. The van der Waals surface area contributed by atoms with Crippen LogP contribution in [0.25, 0.3) is 0 Å². The Kier molecular flexibility index (Phi) is 12.2. The van der Waals surface area contributed by atoms with E-state index in [1.807, 2.05) is 0 Å². The van der Waals surface area contributed by atoms with Gasteiger partial charge in [-0.3, -0.25) is 28.8 Å². The quantitative estimate of drug-likeness (QED) is 0.223. The highest BCUT2D eigenvalue weighted by Crippen LogP contribution is 2.27. The summed E-state index contributed by atoms with van der Waals surface area (Å²) in [6, 6.07) is -2.38. The number of esters is 4. The lowest BCUT2D eigenvalue weighted by molar-refractivity contribution is -0.188. The van der Waals surface area contributed by atoms with Gasteiger partial charge in [0, 0.05) is 41.7 Å². The van der Waals surface area contributed by atoms with Crippen LogP contribution in [0, 0.1) is 0 Å². The molecule has 0 fully saturated rings. The van der Waals surface area contributed by atoms with Crippen molar-refractivity contribution in [2.45, 2.75) is 65.0 Å². The minimum absolute atomic E-state index is 0.360. The number of rotatable bonds is 11. The lowest BCUT2D eigenvalue weighted by atomic mass is 9.91. The maximum absolute atomic E-state index is 12.7. The van der Waals surface area contributed by atoms with Gasteiger partial charge in [0.15, 0.2) is 18.3 Å². The van der Waals surface area contributed by atoms with Gasteiger partial charge in [0.2, 0.25) is 23.5 Å². The summed E-state index contributed by atoms with van der Waals surface area (Å²) in [7, 11) is 2.47. The SMILES string of the molecule is COC(=O)C1=C[C@H](NC(=O)CN(C)C(C)=O)[C@@H](NC(C)=O)[C@@H]([C@@H](OC(C)=O)[C@@H](COC(C)=O)OC(C)=O)O1. The van der Waals surface area contributed by atoms with Crippen molar-refractivity contribution in [1.82, 2.24) is 15.5 Å². The molecule has 1 rings (SSSR count). The first-order valence-electron chi connectivity index (χ1n) is 11.4. The van der Waals surface area contributed by atoms with E-state index < -0.39 is 78.5 Å². The minimum Gasteiger partial charge on any atom is -0.477 e. The molecule has 15 heteroatoms. The Hall–Kier alpha value is -4.17. The van der Waals surface area contributed by atoms with Gasteiger partial charge in [-0.2, -0.15) is 0 Å². The predicted molar refractivity (Wildman–Crippen MR) is 126 cm³/mol. The van der Waals surface area contributed by atoms with E-state index >= 15 is 0 Å². The topological polar surface area (TPSA) is 193 Å². The summed E-state index contributed by atoms with van der Waals surface area (Å²) in [5.41, 5.74) is 0. The lowest BCUT2D eigenvalue weighted by Crippen LogP contribution is -2.65. The van der Waals surface area contributed by atoms with Crippen LogP contribution in [0.4, 0.5) is 0 Å². The fourth-order valence-corrected chi connectivity index (χ4v) is 3.47. The largest absolute Gasteiger partial charge is 0.477 e. The van der Waals surface area contributed by atoms with Crippen LogP contribution in [0.5, 0.6) is 0 Å². The predicted octanol–water partition coefficient (Wildman–Crippen LogP) is -1.66. The summed E-state index contributed by atoms with van der Waals surface area (Å²) >= 11 is 0. The molecule has 2 N–H and O–H groups in total. The van der Waals surface area contributed by atoms with Gasteiger partial charge in [-0.05, 0) is 6.08 Å². The Morgan fingerprint density at radius 1 is 0.947 bits per heavy atom. The Labute approximate surface area is 219 Å². The normalized spacial score (nSPS) is 19.8. The lowest BCUT2D eigenvalue weighted by Gasteiger charge is -2.42. The second-order valence-corrected chi connectivity index (χ2v) is 8.32. The van der Waals surface area contributed by atoms with Crippen molar-refractivity contribution in [3.63, 3.8) is 0 Å². The van der Waals surface area contributed by atoms with E-state index in [4.69, 9.17) is 23.7 Å². The van der Waals surface area contributed by atoms with Crippen molar-refractivity contribution in [1.29, 1.82) is 0 Å². The summed E-state index contributed by atoms with van der Waals surface area (Å²) in [5, 5.41) is 5.16. The maximum atomic E-state index is 12.7. The zero-order chi connectivity index (χ0) is 29.2. The second-order valence-electron chi connectivity index (χ2n) is 8.32. The first-order chi connectivity index (χ1) is 17.7. The molecule has 0 aliphatic carbocycles. The molecule has 38 heavy (non-hydrogen) atoms. The number of likely N-dealkylation sites (N-methyl/N-ethyl adjacent to an activating group) is 1. The van der Waals surface area contributed by atoms with Crippen molar-refractivity contribution in [2.75, 3.05) is 27.3 Å². The van der Waals surface area contributed by atoms with Crippen LogP contribution >= 0.6 is 0 Å². The van der Waals surface area contributed by atoms with Gasteiger partial charge < -0.3 is 39.2 Å². The Balaban J connectivity index is 3.61. The Morgan fingerprint density at radius 3 is 2.03 bits per heavy atom. The van der Waals surface area contributed by atoms with Crippen LogP contribution in [0.15, 0.2) is 11.8 Å². The van der Waals surface area contributed by atoms with Crippen LogP contribution in [-0.4, -0.2) is 104 Å². The average molecular weight is 544 g/mol. The molecule has 0 aromatic carbocycles. The van der Waals surface area contributed by atoms with Crippen LogP contribution in [-0.2, 0) is 57.2 Å². The zero-order valence-corrected chi connectivity index (χ0v) is 22.2. The molecule has 0 radical (unpaired) electrons. The number of hydrogen-bond donors (Lipinski definition) is 2. The molecule has 0 aromatic rings. The van der Waals surface area contributed by atoms with Gasteiger partial charge in [-0.15, -0.1) is 0 Å². The third-order valence-corrected chi connectivity index (χ3v) is 5.10. The van der Waals surface area contributed by atoms with E-state index in [9.17, 15) is 33.6 Å². The monoisotopic (exact) mass is 543 g/mol. The van der Waals surface area contributed by atoms with Crippen LogP contribution in [0.1, 0.15) is 34.6 Å². The van der Waals surface area contributed by atoms with Gasteiger partial charge in [0.25, 0.3) is 0 Å². The Bertz CT molecular complexity index is 979. The van der Waals surface area contributed by atoms with Gasteiger partial charge >= 0.3 is 23.9 Å². The second kappa shape index (κ2) is 14.5. The first-order valence-corrected chi connectivity index (χ1v) is 11.4. The standard InChI is InChI=1S/C23H33N3O12/c1-11(27)24-20-16(25-19(32)9-26(6)12(2)28)8-17(23(33)34-7)38-22(20)21(37-15(5)31)18(36-14(4)30)10-35-13(3)29/h8,16,18,20-22H,9-10H2,1-7H3,(H,24,27)(H,25,32)/t16-,18+,20+,21-,22-/m0/s1. The molecule has 0 unspecified atom stereocenters. The molecule has 5 atom stereocenters. The van der Waals surface area contributed by atoms with E-state index in [1.165, 1.54) is 27.0 Å². The molecule has 0 bridgehead atoms. The molecular weight excluding hydrogens is 510 g/mol. The maximum Gasteiger partial charge on any atom is 0.373 e. The number of hydrogen-bond acceptors (Lipinski definition) is 12.